The Hall–Kier alpha value is -2.39. The third-order valence-electron chi connectivity index (χ3n) is 5.51. The van der Waals surface area contributed by atoms with Gasteiger partial charge in [0.05, 0.1) is 18.8 Å². The Morgan fingerprint density at radius 1 is 1.41 bits per heavy atom. The highest BCUT2D eigenvalue weighted by molar-refractivity contribution is 7.52. The highest BCUT2D eigenvalue weighted by atomic mass is 31.2. The van der Waals surface area contributed by atoms with Gasteiger partial charge < -0.3 is 31.0 Å². The Morgan fingerprint density at radius 2 is 2.18 bits per heavy atom. The molecular weight excluding hydrogens is 473 g/mol. The number of fused-ring (bicyclic) bond motifs is 1. The van der Waals surface area contributed by atoms with Crippen molar-refractivity contribution in [1.29, 1.82) is 0 Å². The Morgan fingerprint density at radius 3 is 2.85 bits per heavy atom. The molecule has 0 bridgehead atoms. The second-order valence-corrected chi connectivity index (χ2v) is 10.1. The van der Waals surface area contributed by atoms with Crippen molar-refractivity contribution in [2.24, 2.45) is 0 Å². The molecule has 188 valence electrons. The number of aromatic amines is 1. The first-order chi connectivity index (χ1) is 16.1. The predicted molar refractivity (Wildman–Crippen MR) is 117 cm³/mol. The number of carbonyl (C=O) groups excluding carboxylic acids is 1. The number of nitrogens with two attached hydrogens (primary N) is 1. The van der Waals surface area contributed by atoms with Gasteiger partial charge in [0.2, 0.25) is 5.91 Å². The lowest BCUT2D eigenvalue weighted by atomic mass is 10.1. The van der Waals surface area contributed by atoms with E-state index in [9.17, 15) is 24.4 Å². The van der Waals surface area contributed by atoms with E-state index in [1.807, 2.05) is 0 Å². The van der Waals surface area contributed by atoms with Crippen LogP contribution in [0.1, 0.15) is 32.9 Å². The summed E-state index contributed by atoms with van der Waals surface area (Å²) in [6, 6.07) is -0.518. The van der Waals surface area contributed by atoms with Crippen LogP contribution in [-0.2, 0) is 23.1 Å². The fourth-order valence-electron chi connectivity index (χ4n) is 3.93. The second-order valence-electron chi connectivity index (χ2n) is 8.38. The van der Waals surface area contributed by atoms with E-state index in [-0.39, 0.29) is 17.0 Å². The van der Waals surface area contributed by atoms with Gasteiger partial charge in [-0.3, -0.25) is 18.9 Å². The molecular formula is C18H28N7O8P. The number of amides is 1. The van der Waals surface area contributed by atoms with E-state index in [0.717, 1.165) is 17.3 Å². The van der Waals surface area contributed by atoms with Gasteiger partial charge in [-0.15, -0.1) is 0 Å². The standard InChI is InChI=1S/C18H28N7O8P/c1-8(2)33-34(30,24-16(28)9-4-3-5-20-9)31-6-10-12(26)13(27)17(32-10)25-15-11(23-18(25)29)14(19)21-7-22-15/h7-10,12-13,17,20,26-27H,3-6H2,1-2H3,(H,23,29)(H2,19,21,22)(H,24,28,30)/t9-,10+,12+,13+,17+,34?/m0/s1. The van der Waals surface area contributed by atoms with Gasteiger partial charge in [0.1, 0.15) is 30.2 Å². The Kier molecular flexibility index (Phi) is 7.05. The maximum absolute atomic E-state index is 13.2. The molecule has 2 saturated heterocycles. The molecule has 0 radical (unpaired) electrons. The number of hydrogen-bond donors (Lipinski definition) is 6. The van der Waals surface area contributed by atoms with Crippen molar-refractivity contribution in [1.82, 2.24) is 29.9 Å². The normalized spacial score (nSPS) is 29.0. The van der Waals surface area contributed by atoms with Gasteiger partial charge in [0.15, 0.2) is 17.7 Å². The number of nitrogens with one attached hydrogen (secondary N) is 3. The summed E-state index contributed by atoms with van der Waals surface area (Å²) in [5.41, 5.74) is 5.28. The van der Waals surface area contributed by atoms with Gasteiger partial charge in [0, 0.05) is 0 Å². The lowest BCUT2D eigenvalue weighted by Crippen LogP contribution is -2.40. The number of ether oxygens (including phenoxy) is 1. The van der Waals surface area contributed by atoms with Crippen molar-refractivity contribution in [2.75, 3.05) is 18.9 Å². The molecule has 4 heterocycles. The summed E-state index contributed by atoms with van der Waals surface area (Å²) in [6.07, 6.45) is -3.64. The van der Waals surface area contributed by atoms with Crippen LogP contribution in [0.2, 0.25) is 0 Å². The van der Waals surface area contributed by atoms with E-state index >= 15 is 0 Å². The van der Waals surface area contributed by atoms with Crippen molar-refractivity contribution >= 4 is 30.6 Å². The number of imidazole rings is 1. The molecule has 2 aromatic heterocycles. The number of rotatable bonds is 8. The third-order valence-corrected chi connectivity index (χ3v) is 7.19. The van der Waals surface area contributed by atoms with Crippen molar-refractivity contribution < 1.29 is 33.4 Å². The topological polar surface area (TPSA) is 216 Å². The van der Waals surface area contributed by atoms with Crippen molar-refractivity contribution in [3.8, 4) is 0 Å². The molecule has 0 saturated carbocycles. The van der Waals surface area contributed by atoms with Crippen LogP contribution < -0.4 is 21.8 Å². The summed E-state index contributed by atoms with van der Waals surface area (Å²) >= 11 is 0. The van der Waals surface area contributed by atoms with Crippen LogP contribution in [0.5, 0.6) is 0 Å². The van der Waals surface area contributed by atoms with Crippen LogP contribution in [0, 0.1) is 0 Å². The molecule has 0 aliphatic carbocycles. The minimum atomic E-state index is -4.14. The van der Waals surface area contributed by atoms with Gasteiger partial charge in [0.25, 0.3) is 0 Å². The lowest BCUT2D eigenvalue weighted by molar-refractivity contribution is -0.121. The van der Waals surface area contributed by atoms with E-state index in [1.54, 1.807) is 13.8 Å². The van der Waals surface area contributed by atoms with Crippen LogP contribution in [0.25, 0.3) is 11.2 Å². The van der Waals surface area contributed by atoms with Crippen LogP contribution >= 0.6 is 7.75 Å². The molecule has 2 aliphatic heterocycles. The monoisotopic (exact) mass is 501 g/mol. The maximum Gasteiger partial charge on any atom is 0.435 e. The molecule has 1 amide bonds. The molecule has 4 rings (SSSR count). The number of carbonyl (C=O) groups is 1. The van der Waals surface area contributed by atoms with Gasteiger partial charge >= 0.3 is 13.4 Å². The Bertz CT molecular complexity index is 1150. The average molecular weight is 501 g/mol. The number of aliphatic hydroxyl groups excluding tert-OH is 2. The van der Waals surface area contributed by atoms with Crippen molar-refractivity contribution in [2.45, 2.75) is 63.4 Å². The van der Waals surface area contributed by atoms with E-state index in [0.29, 0.717) is 13.0 Å². The number of hydrogen-bond acceptors (Lipinski definition) is 12. The van der Waals surface area contributed by atoms with Crippen LogP contribution in [0.15, 0.2) is 11.1 Å². The van der Waals surface area contributed by atoms with Crippen molar-refractivity contribution in [3.63, 3.8) is 0 Å². The maximum atomic E-state index is 13.2. The summed E-state index contributed by atoms with van der Waals surface area (Å²) in [6.45, 7) is 3.39. The van der Waals surface area contributed by atoms with Gasteiger partial charge in [-0.1, -0.05) is 0 Å². The largest absolute Gasteiger partial charge is 0.435 e. The first kappa shape index (κ1) is 24.7. The molecule has 15 nitrogen and oxygen atoms in total. The minimum absolute atomic E-state index is 0.0213. The second kappa shape index (κ2) is 9.70. The summed E-state index contributed by atoms with van der Waals surface area (Å²) in [7, 11) is -4.14. The number of nitrogen functional groups attached to an aromatic ring is 1. The number of H-pyrrole nitrogens is 1. The Balaban J connectivity index is 1.50. The third kappa shape index (κ3) is 4.86. The SMILES string of the molecule is CC(C)OP(=O)(NC(=O)[C@@H]1CCCN1)OC[C@H]1O[C@@H](n2c(=O)[nH]c3c(N)ncnc32)[C@H](O)[C@@H]1O. The van der Waals surface area contributed by atoms with E-state index in [2.05, 4.69) is 25.4 Å². The lowest BCUT2D eigenvalue weighted by Gasteiger charge is -2.24. The average Bonchev–Trinajstić information content (AvgIpc) is 3.47. The predicted octanol–water partition coefficient (Wildman–Crippen LogP) is -1.26. The molecule has 2 aliphatic rings. The summed E-state index contributed by atoms with van der Waals surface area (Å²) < 4.78 is 30.7. The molecule has 0 aromatic carbocycles. The zero-order valence-electron chi connectivity index (χ0n) is 18.6. The molecule has 2 fully saturated rings. The molecule has 2 aromatic rings. The number of aromatic nitrogens is 4. The molecule has 1 unspecified atom stereocenters. The van der Waals surface area contributed by atoms with Crippen LogP contribution in [0.4, 0.5) is 5.82 Å². The van der Waals surface area contributed by atoms with Gasteiger partial charge in [-0.2, -0.15) is 0 Å². The van der Waals surface area contributed by atoms with Gasteiger partial charge in [-0.25, -0.2) is 23.9 Å². The fourth-order valence-corrected chi connectivity index (χ4v) is 5.43. The zero-order valence-corrected chi connectivity index (χ0v) is 19.5. The highest BCUT2D eigenvalue weighted by Crippen LogP contribution is 2.46. The smallest absolute Gasteiger partial charge is 0.387 e. The number of nitrogens with zero attached hydrogens (tertiary/aromatic N) is 3. The van der Waals surface area contributed by atoms with Crippen LogP contribution in [-0.4, -0.2) is 79.2 Å². The zero-order chi connectivity index (χ0) is 24.6. The first-order valence-electron chi connectivity index (χ1n) is 10.8. The fraction of sp³-hybridized carbons (Fsp3) is 0.667. The summed E-state index contributed by atoms with van der Waals surface area (Å²) in [4.78, 5) is 35.2. The minimum Gasteiger partial charge on any atom is -0.387 e. The summed E-state index contributed by atoms with van der Waals surface area (Å²) in [5, 5.41) is 26.4. The molecule has 7 N–H and O–H groups in total. The van der Waals surface area contributed by atoms with Crippen LogP contribution in [0.3, 0.4) is 0 Å². The quantitative estimate of drug-likeness (QED) is 0.234. The molecule has 34 heavy (non-hydrogen) atoms. The Labute approximate surface area is 193 Å². The first-order valence-corrected chi connectivity index (χ1v) is 12.3. The molecule has 0 spiro atoms. The molecule has 6 atom stereocenters. The number of aliphatic hydroxyl groups is 2. The number of anilines is 1. The van der Waals surface area contributed by atoms with Gasteiger partial charge in [-0.05, 0) is 33.2 Å². The van der Waals surface area contributed by atoms with E-state index < -0.39 is 62.6 Å². The van der Waals surface area contributed by atoms with Crippen molar-refractivity contribution in [3.05, 3.63) is 16.8 Å². The van der Waals surface area contributed by atoms with E-state index in [1.165, 1.54) is 0 Å². The molecule has 16 heteroatoms. The summed E-state index contributed by atoms with van der Waals surface area (Å²) in [5.74, 6) is -0.511. The highest BCUT2D eigenvalue weighted by Gasteiger charge is 2.46. The van der Waals surface area contributed by atoms with E-state index in [4.69, 9.17) is 19.5 Å².